The second kappa shape index (κ2) is 6.14. The van der Waals surface area contributed by atoms with Crippen LogP contribution in [0.4, 0.5) is 0 Å². The van der Waals surface area contributed by atoms with E-state index in [4.69, 9.17) is 0 Å². The normalized spacial score (nSPS) is 11.0. The Morgan fingerprint density at radius 3 is 2.41 bits per heavy atom. The van der Waals surface area contributed by atoms with Gasteiger partial charge in [-0.15, -0.1) is 0 Å². The van der Waals surface area contributed by atoms with Crippen molar-refractivity contribution in [1.82, 2.24) is 4.72 Å². The highest BCUT2D eigenvalue weighted by atomic mass is 127. The number of amides is 1. The molecule has 1 aromatic rings. The number of carbonyl (C=O) groups is 1. The highest BCUT2D eigenvalue weighted by Gasteiger charge is 2.17. The molecule has 0 unspecified atom stereocenters. The predicted octanol–water partition coefficient (Wildman–Crippen LogP) is 2.70. The van der Waals surface area contributed by atoms with Gasteiger partial charge in [0.25, 0.3) is 15.9 Å². The maximum absolute atomic E-state index is 11.8. The number of hydrogen-bond donors (Lipinski definition) is 1. The Balaban J connectivity index is 3.18. The molecule has 92 valence electrons. The zero-order valence-corrected chi connectivity index (χ0v) is 15.5. The third-order valence-corrected chi connectivity index (χ3v) is 6.27. The molecular weight excluding hydrogens is 583 g/mol. The first-order chi connectivity index (χ1) is 7.76. The van der Waals surface area contributed by atoms with E-state index in [2.05, 4.69) is 51.8 Å². The predicted molar refractivity (Wildman–Crippen MR) is 91.2 cm³/mol. The molecule has 0 saturated heterocycles. The molecule has 0 aromatic heterocycles. The molecule has 0 atom stereocenters. The Hall–Kier alpha value is 0.570. The van der Waals surface area contributed by atoms with Gasteiger partial charge in [-0.25, -0.2) is 13.1 Å². The second-order valence-electron chi connectivity index (χ2n) is 2.89. The largest absolute Gasteiger partial charge is 0.268 e. The summed E-state index contributed by atoms with van der Waals surface area (Å²) < 4.78 is 26.8. The molecule has 0 radical (unpaired) electrons. The summed E-state index contributed by atoms with van der Waals surface area (Å²) in [4.78, 5) is 11.8. The molecule has 1 rings (SSSR count). The zero-order valence-electron chi connectivity index (χ0n) is 8.21. The second-order valence-corrected chi connectivity index (χ2v) is 8.01. The summed E-state index contributed by atoms with van der Waals surface area (Å²) in [6.45, 7) is 3.13. The van der Waals surface area contributed by atoms with Crippen LogP contribution in [-0.2, 0) is 10.0 Å². The molecule has 0 saturated carbocycles. The Kier molecular flexibility index (Phi) is 5.65. The Labute approximate surface area is 140 Å². The van der Waals surface area contributed by atoms with Gasteiger partial charge in [0.1, 0.15) is 0 Å². The summed E-state index contributed by atoms with van der Waals surface area (Å²) in [5.74, 6) is -0.647. The average Bonchev–Trinajstić information content (AvgIpc) is 2.22. The fourth-order valence-electron chi connectivity index (χ4n) is 0.947. The standard InChI is InChI=1S/C9H6I3NO3S/c1-2-17(15,16)13-9(14)6-3-5(10)4-7(11)8(6)12/h2-4H,1H2,(H,13,14). The van der Waals surface area contributed by atoms with Crippen molar-refractivity contribution in [2.75, 3.05) is 0 Å². The van der Waals surface area contributed by atoms with E-state index in [1.807, 2.05) is 33.4 Å². The van der Waals surface area contributed by atoms with Crippen LogP contribution in [0.2, 0.25) is 0 Å². The van der Waals surface area contributed by atoms with Gasteiger partial charge < -0.3 is 0 Å². The summed E-state index contributed by atoms with van der Waals surface area (Å²) >= 11 is 6.17. The summed E-state index contributed by atoms with van der Waals surface area (Å²) in [5, 5.41) is 0.705. The van der Waals surface area contributed by atoms with E-state index in [0.717, 1.165) is 10.7 Å². The molecule has 0 heterocycles. The Morgan fingerprint density at radius 2 is 1.88 bits per heavy atom. The minimum Gasteiger partial charge on any atom is -0.268 e. The minimum atomic E-state index is -3.75. The van der Waals surface area contributed by atoms with Crippen molar-refractivity contribution in [1.29, 1.82) is 0 Å². The van der Waals surface area contributed by atoms with Gasteiger partial charge in [0.05, 0.1) is 5.56 Å². The third kappa shape index (κ3) is 4.31. The fraction of sp³-hybridized carbons (Fsp3) is 0. The number of nitrogens with one attached hydrogen (secondary N) is 1. The van der Waals surface area contributed by atoms with E-state index < -0.39 is 15.9 Å². The van der Waals surface area contributed by atoms with Crippen LogP contribution in [0.15, 0.2) is 24.1 Å². The van der Waals surface area contributed by atoms with E-state index in [-0.39, 0.29) is 0 Å². The van der Waals surface area contributed by atoms with Gasteiger partial charge in [0.15, 0.2) is 0 Å². The molecular formula is C9H6I3NO3S. The third-order valence-electron chi connectivity index (χ3n) is 1.69. The van der Waals surface area contributed by atoms with Crippen molar-refractivity contribution in [2.24, 2.45) is 0 Å². The lowest BCUT2D eigenvalue weighted by molar-refractivity contribution is 0.0981. The van der Waals surface area contributed by atoms with E-state index in [9.17, 15) is 13.2 Å². The van der Waals surface area contributed by atoms with Gasteiger partial charge in [-0.05, 0) is 79.9 Å². The van der Waals surface area contributed by atoms with E-state index in [1.165, 1.54) is 0 Å². The molecule has 4 nitrogen and oxygen atoms in total. The number of halogens is 3. The summed E-state index contributed by atoms with van der Waals surface area (Å²) in [7, 11) is -3.75. The van der Waals surface area contributed by atoms with Gasteiger partial charge in [0.2, 0.25) is 0 Å². The highest BCUT2D eigenvalue weighted by Crippen LogP contribution is 2.22. The molecule has 0 fully saturated rings. The summed E-state index contributed by atoms with van der Waals surface area (Å²) in [6.07, 6.45) is 0. The monoisotopic (exact) mass is 589 g/mol. The van der Waals surface area contributed by atoms with E-state index in [0.29, 0.717) is 11.0 Å². The zero-order chi connectivity index (χ0) is 13.2. The summed E-state index contributed by atoms with van der Waals surface area (Å²) in [5.41, 5.74) is 0.340. The maximum atomic E-state index is 11.8. The van der Waals surface area contributed by atoms with Crippen molar-refractivity contribution in [3.05, 3.63) is 40.4 Å². The van der Waals surface area contributed by atoms with Crippen LogP contribution in [0, 0.1) is 10.7 Å². The molecule has 0 aliphatic heterocycles. The molecule has 0 aliphatic carbocycles. The van der Waals surface area contributed by atoms with Crippen LogP contribution in [0.3, 0.4) is 0 Å². The van der Waals surface area contributed by atoms with Crippen LogP contribution < -0.4 is 4.72 Å². The molecule has 8 heteroatoms. The Bertz CT molecular complexity index is 583. The van der Waals surface area contributed by atoms with E-state index >= 15 is 0 Å². The lowest BCUT2D eigenvalue weighted by Gasteiger charge is -2.07. The first kappa shape index (κ1) is 15.6. The smallest absolute Gasteiger partial charge is 0.266 e. The van der Waals surface area contributed by atoms with Crippen molar-refractivity contribution < 1.29 is 13.2 Å². The van der Waals surface area contributed by atoms with Crippen LogP contribution in [-0.4, -0.2) is 14.3 Å². The number of carbonyl (C=O) groups excluding carboxylic acids is 1. The molecule has 1 aromatic carbocycles. The SMILES string of the molecule is C=CS(=O)(=O)NC(=O)c1cc(I)cc(I)c1I. The lowest BCUT2D eigenvalue weighted by atomic mass is 10.2. The van der Waals surface area contributed by atoms with Crippen LogP contribution in [0.1, 0.15) is 10.4 Å². The van der Waals surface area contributed by atoms with Crippen molar-refractivity contribution in [2.45, 2.75) is 0 Å². The molecule has 17 heavy (non-hydrogen) atoms. The van der Waals surface area contributed by atoms with Crippen molar-refractivity contribution in [3.8, 4) is 0 Å². The van der Waals surface area contributed by atoms with Crippen molar-refractivity contribution in [3.63, 3.8) is 0 Å². The fourth-order valence-corrected chi connectivity index (χ4v) is 3.80. The number of rotatable bonds is 3. The quantitative estimate of drug-likeness (QED) is 0.437. The number of sulfonamides is 1. The minimum absolute atomic E-state index is 0.340. The van der Waals surface area contributed by atoms with Gasteiger partial charge in [-0.2, -0.15) is 0 Å². The van der Waals surface area contributed by atoms with Gasteiger partial charge in [-0.1, -0.05) is 6.58 Å². The van der Waals surface area contributed by atoms with Gasteiger partial charge in [-0.3, -0.25) is 4.79 Å². The van der Waals surface area contributed by atoms with E-state index in [1.54, 1.807) is 6.07 Å². The number of benzene rings is 1. The van der Waals surface area contributed by atoms with Crippen LogP contribution in [0.25, 0.3) is 0 Å². The molecule has 0 bridgehead atoms. The van der Waals surface area contributed by atoms with Crippen molar-refractivity contribution >= 4 is 83.7 Å². The average molecular weight is 589 g/mol. The topological polar surface area (TPSA) is 63.2 Å². The van der Waals surface area contributed by atoms with Crippen LogP contribution >= 0.6 is 67.8 Å². The first-order valence-electron chi connectivity index (χ1n) is 4.11. The van der Waals surface area contributed by atoms with Crippen LogP contribution in [0.5, 0.6) is 0 Å². The molecule has 0 aliphatic rings. The van der Waals surface area contributed by atoms with Gasteiger partial charge in [0, 0.05) is 16.1 Å². The molecule has 1 amide bonds. The van der Waals surface area contributed by atoms with Gasteiger partial charge >= 0.3 is 0 Å². The lowest BCUT2D eigenvalue weighted by Crippen LogP contribution is -2.29. The highest BCUT2D eigenvalue weighted by molar-refractivity contribution is 14.1. The summed E-state index contributed by atoms with van der Waals surface area (Å²) in [6, 6.07) is 3.54. The molecule has 1 N–H and O–H groups in total. The first-order valence-corrected chi connectivity index (χ1v) is 8.89. The maximum Gasteiger partial charge on any atom is 0.266 e. The number of hydrogen-bond acceptors (Lipinski definition) is 3. The molecule has 0 spiro atoms. The Morgan fingerprint density at radius 1 is 1.29 bits per heavy atom.